The van der Waals surface area contributed by atoms with Gasteiger partial charge in [-0.2, -0.15) is 5.10 Å². The molecule has 1 rings (SSSR count). The molecule has 0 aliphatic rings. The third kappa shape index (κ3) is 3.48. The van der Waals surface area contributed by atoms with Crippen LogP contribution in [-0.4, -0.2) is 33.6 Å². The molecule has 0 aliphatic carbocycles. The second-order valence-corrected chi connectivity index (χ2v) is 4.06. The summed E-state index contributed by atoms with van der Waals surface area (Å²) in [6.07, 6.45) is 3.70. The Balaban J connectivity index is 2.27. The number of nitrogens with one attached hydrogen (secondary N) is 1. The first-order chi connectivity index (χ1) is 6.70. The number of hydrogen-bond donors (Lipinski definition) is 1. The summed E-state index contributed by atoms with van der Waals surface area (Å²) in [5.41, 5.74) is -0.184. The molecule has 0 aromatic carbocycles. The Hall–Kier alpha value is -0.250. The Morgan fingerprint density at radius 1 is 1.43 bits per heavy atom. The Morgan fingerprint density at radius 3 is 2.64 bits per heavy atom. The summed E-state index contributed by atoms with van der Waals surface area (Å²) in [5.74, 6) is 1.02. The van der Waals surface area contributed by atoms with Crippen LogP contribution < -0.4 is 5.32 Å². The zero-order valence-corrected chi connectivity index (χ0v) is 9.72. The van der Waals surface area contributed by atoms with E-state index in [2.05, 4.69) is 10.4 Å². The van der Waals surface area contributed by atoms with Crippen molar-refractivity contribution in [2.45, 2.75) is 19.0 Å². The van der Waals surface area contributed by atoms with E-state index < -0.39 is 0 Å². The van der Waals surface area contributed by atoms with Gasteiger partial charge in [-0.05, 0) is 13.0 Å². The smallest absolute Gasteiger partial charge is 0.0534 e. The average molecular weight is 236 g/mol. The van der Waals surface area contributed by atoms with Crippen molar-refractivity contribution in [3.8, 4) is 0 Å². The van der Waals surface area contributed by atoms with Gasteiger partial charge in [0.05, 0.1) is 6.54 Å². The van der Waals surface area contributed by atoms with Gasteiger partial charge in [0.2, 0.25) is 0 Å². The summed E-state index contributed by atoms with van der Waals surface area (Å²) in [4.78, 5) is 0. The van der Waals surface area contributed by atoms with Gasteiger partial charge in [0.15, 0.2) is 0 Å². The minimum atomic E-state index is -0.184. The fourth-order valence-electron chi connectivity index (χ4n) is 1.04. The second-order valence-electron chi connectivity index (χ2n) is 3.52. The van der Waals surface area contributed by atoms with Crippen LogP contribution in [0.15, 0.2) is 18.5 Å². The quantitative estimate of drug-likeness (QED) is 0.762. The van der Waals surface area contributed by atoms with Gasteiger partial charge in [-0.15, -0.1) is 23.2 Å². The van der Waals surface area contributed by atoms with E-state index in [4.69, 9.17) is 23.2 Å². The number of nitrogens with zero attached hydrogens (tertiary/aromatic N) is 2. The van der Waals surface area contributed by atoms with Crippen molar-refractivity contribution in [1.82, 2.24) is 15.1 Å². The first-order valence-corrected chi connectivity index (χ1v) is 5.61. The molecule has 0 amide bonds. The first-order valence-electron chi connectivity index (χ1n) is 4.54. The van der Waals surface area contributed by atoms with Crippen LogP contribution in [0.2, 0.25) is 0 Å². The normalized spacial score (nSPS) is 11.9. The molecule has 1 aromatic rings. The maximum atomic E-state index is 5.80. The minimum Gasteiger partial charge on any atom is -0.307 e. The Labute approximate surface area is 94.4 Å². The Kier molecular flexibility index (Phi) is 4.72. The first kappa shape index (κ1) is 11.8. The van der Waals surface area contributed by atoms with Crippen LogP contribution in [0.5, 0.6) is 0 Å². The van der Waals surface area contributed by atoms with Gasteiger partial charge in [-0.1, -0.05) is 0 Å². The largest absolute Gasteiger partial charge is 0.307 e. The molecule has 1 aromatic heterocycles. The van der Waals surface area contributed by atoms with E-state index >= 15 is 0 Å². The molecule has 0 spiro atoms. The molecule has 5 heteroatoms. The maximum Gasteiger partial charge on any atom is 0.0534 e. The SMILES string of the molecule is CC(CCl)(CCl)NCCn1cccn1. The molecule has 0 atom stereocenters. The van der Waals surface area contributed by atoms with E-state index in [0.717, 1.165) is 13.1 Å². The van der Waals surface area contributed by atoms with Crippen LogP contribution in [0.25, 0.3) is 0 Å². The van der Waals surface area contributed by atoms with Gasteiger partial charge in [-0.3, -0.25) is 4.68 Å². The molecule has 80 valence electrons. The summed E-state index contributed by atoms with van der Waals surface area (Å²) >= 11 is 11.6. The topological polar surface area (TPSA) is 29.9 Å². The monoisotopic (exact) mass is 235 g/mol. The molecule has 1 N–H and O–H groups in total. The average Bonchev–Trinajstić information content (AvgIpc) is 2.70. The number of aromatic nitrogens is 2. The van der Waals surface area contributed by atoms with Gasteiger partial charge in [0.1, 0.15) is 0 Å². The van der Waals surface area contributed by atoms with E-state index in [1.807, 2.05) is 23.9 Å². The van der Waals surface area contributed by atoms with Crippen LogP contribution in [0.4, 0.5) is 0 Å². The van der Waals surface area contributed by atoms with Gasteiger partial charge in [-0.25, -0.2) is 0 Å². The fraction of sp³-hybridized carbons (Fsp3) is 0.667. The van der Waals surface area contributed by atoms with E-state index in [0.29, 0.717) is 11.8 Å². The lowest BCUT2D eigenvalue weighted by Crippen LogP contribution is -2.47. The van der Waals surface area contributed by atoms with Gasteiger partial charge >= 0.3 is 0 Å². The maximum absolute atomic E-state index is 5.80. The molecule has 0 saturated heterocycles. The molecular formula is C9H15Cl2N3. The lowest BCUT2D eigenvalue weighted by atomic mass is 10.1. The molecule has 0 saturated carbocycles. The highest BCUT2D eigenvalue weighted by Crippen LogP contribution is 2.08. The number of rotatable bonds is 6. The summed E-state index contributed by atoms with van der Waals surface area (Å²) < 4.78 is 1.87. The Bertz CT molecular complexity index is 245. The molecule has 0 bridgehead atoms. The summed E-state index contributed by atoms with van der Waals surface area (Å²) in [5, 5.41) is 7.41. The molecule has 1 heterocycles. The van der Waals surface area contributed by atoms with E-state index in [-0.39, 0.29) is 5.54 Å². The van der Waals surface area contributed by atoms with Crippen molar-refractivity contribution < 1.29 is 0 Å². The van der Waals surface area contributed by atoms with Crippen molar-refractivity contribution >= 4 is 23.2 Å². The molecule has 0 unspecified atom stereocenters. The molecule has 0 fully saturated rings. The van der Waals surface area contributed by atoms with Crippen LogP contribution in [0.1, 0.15) is 6.92 Å². The zero-order chi connectivity index (χ0) is 10.4. The van der Waals surface area contributed by atoms with Gasteiger partial charge < -0.3 is 5.32 Å². The third-order valence-electron chi connectivity index (χ3n) is 2.04. The number of hydrogen-bond acceptors (Lipinski definition) is 2. The van der Waals surface area contributed by atoms with E-state index in [9.17, 15) is 0 Å². The summed E-state index contributed by atoms with van der Waals surface area (Å²) in [6, 6.07) is 1.91. The lowest BCUT2D eigenvalue weighted by Gasteiger charge is -2.25. The van der Waals surface area contributed by atoms with Crippen LogP contribution in [0, 0.1) is 0 Å². The van der Waals surface area contributed by atoms with Crippen molar-refractivity contribution in [3.05, 3.63) is 18.5 Å². The van der Waals surface area contributed by atoms with Gasteiger partial charge in [0, 0.05) is 36.2 Å². The van der Waals surface area contributed by atoms with Crippen LogP contribution in [0.3, 0.4) is 0 Å². The molecule has 14 heavy (non-hydrogen) atoms. The highest BCUT2D eigenvalue weighted by atomic mass is 35.5. The fourth-order valence-corrected chi connectivity index (χ4v) is 1.51. The molecule has 3 nitrogen and oxygen atoms in total. The highest BCUT2D eigenvalue weighted by molar-refractivity contribution is 6.22. The predicted molar refractivity (Wildman–Crippen MR) is 60.1 cm³/mol. The zero-order valence-electron chi connectivity index (χ0n) is 8.21. The van der Waals surface area contributed by atoms with E-state index in [1.165, 1.54) is 0 Å². The standard InChI is InChI=1S/C9H15Cl2N3/c1-9(7-10,8-11)12-4-6-14-5-2-3-13-14/h2-3,5,12H,4,6-8H2,1H3. The van der Waals surface area contributed by atoms with Crippen molar-refractivity contribution in [2.75, 3.05) is 18.3 Å². The summed E-state index contributed by atoms with van der Waals surface area (Å²) in [6.45, 7) is 3.66. The van der Waals surface area contributed by atoms with Crippen molar-refractivity contribution in [3.63, 3.8) is 0 Å². The predicted octanol–water partition coefficient (Wildman–Crippen LogP) is 1.71. The Morgan fingerprint density at radius 2 is 2.14 bits per heavy atom. The number of alkyl halides is 2. The molecule has 0 radical (unpaired) electrons. The molecular weight excluding hydrogens is 221 g/mol. The minimum absolute atomic E-state index is 0.184. The summed E-state index contributed by atoms with van der Waals surface area (Å²) in [7, 11) is 0. The van der Waals surface area contributed by atoms with Crippen molar-refractivity contribution in [2.24, 2.45) is 0 Å². The third-order valence-corrected chi connectivity index (χ3v) is 3.22. The highest BCUT2D eigenvalue weighted by Gasteiger charge is 2.20. The van der Waals surface area contributed by atoms with Crippen LogP contribution in [-0.2, 0) is 6.54 Å². The molecule has 0 aliphatic heterocycles. The van der Waals surface area contributed by atoms with E-state index in [1.54, 1.807) is 6.20 Å². The van der Waals surface area contributed by atoms with Crippen molar-refractivity contribution in [1.29, 1.82) is 0 Å². The number of halogens is 2. The second kappa shape index (κ2) is 5.59. The van der Waals surface area contributed by atoms with Gasteiger partial charge in [0.25, 0.3) is 0 Å². The van der Waals surface area contributed by atoms with Crippen LogP contribution >= 0.6 is 23.2 Å². The lowest BCUT2D eigenvalue weighted by molar-refractivity contribution is 0.414.